The van der Waals surface area contributed by atoms with Crippen LogP contribution in [0.2, 0.25) is 0 Å². The fourth-order valence-corrected chi connectivity index (χ4v) is 4.11. The van der Waals surface area contributed by atoms with E-state index in [1.165, 1.54) is 18.4 Å². The van der Waals surface area contributed by atoms with Crippen molar-refractivity contribution in [1.29, 1.82) is 0 Å². The zero-order valence-corrected chi connectivity index (χ0v) is 16.1. The standard InChI is InChI=1S/C23H36O3/c1-2-3-4-5-9-12-20-21(23(26)17-22(20)25)16-15-19(24)14-13-18-10-7-6-8-11-18/h5-11,19-26H,2-4,12-17H2,1H3/b9-5-. The molecule has 0 spiro atoms. The Hall–Kier alpha value is -1.16. The fourth-order valence-electron chi connectivity index (χ4n) is 4.11. The SMILES string of the molecule is CCCC/C=C\CC1C(O)CC(O)C1CCC(O)CCc1ccccc1. The van der Waals surface area contributed by atoms with Crippen LogP contribution in [-0.2, 0) is 6.42 Å². The van der Waals surface area contributed by atoms with E-state index in [2.05, 4.69) is 31.2 Å². The summed E-state index contributed by atoms with van der Waals surface area (Å²) in [6.07, 6.45) is 11.0. The predicted molar refractivity (Wildman–Crippen MR) is 107 cm³/mol. The molecule has 1 aliphatic carbocycles. The monoisotopic (exact) mass is 360 g/mol. The Bertz CT molecular complexity index is 513. The molecule has 0 bridgehead atoms. The molecular weight excluding hydrogens is 324 g/mol. The summed E-state index contributed by atoms with van der Waals surface area (Å²) in [5, 5.41) is 30.9. The molecule has 1 saturated carbocycles. The maximum Gasteiger partial charge on any atom is 0.0599 e. The lowest BCUT2D eigenvalue weighted by molar-refractivity contribution is 0.0857. The van der Waals surface area contributed by atoms with Gasteiger partial charge in [0.05, 0.1) is 18.3 Å². The third-order valence-corrected chi connectivity index (χ3v) is 5.76. The van der Waals surface area contributed by atoms with E-state index >= 15 is 0 Å². The van der Waals surface area contributed by atoms with Gasteiger partial charge >= 0.3 is 0 Å². The summed E-state index contributed by atoms with van der Waals surface area (Å²) < 4.78 is 0. The van der Waals surface area contributed by atoms with E-state index in [9.17, 15) is 15.3 Å². The Morgan fingerprint density at radius 1 is 1.04 bits per heavy atom. The molecule has 26 heavy (non-hydrogen) atoms. The largest absolute Gasteiger partial charge is 0.393 e. The quantitative estimate of drug-likeness (QED) is 0.408. The van der Waals surface area contributed by atoms with Gasteiger partial charge in [0.15, 0.2) is 0 Å². The summed E-state index contributed by atoms with van der Waals surface area (Å²) in [7, 11) is 0. The van der Waals surface area contributed by atoms with Crippen LogP contribution < -0.4 is 0 Å². The van der Waals surface area contributed by atoms with Gasteiger partial charge in [0.25, 0.3) is 0 Å². The molecule has 3 nitrogen and oxygen atoms in total. The Morgan fingerprint density at radius 3 is 2.50 bits per heavy atom. The van der Waals surface area contributed by atoms with Crippen molar-refractivity contribution < 1.29 is 15.3 Å². The second kappa shape index (κ2) is 11.5. The maximum absolute atomic E-state index is 10.3. The number of aryl methyl sites for hydroxylation is 1. The number of allylic oxidation sites excluding steroid dienone is 2. The molecule has 3 N–H and O–H groups in total. The van der Waals surface area contributed by atoms with Gasteiger partial charge in [-0.2, -0.15) is 0 Å². The van der Waals surface area contributed by atoms with Crippen LogP contribution in [0.3, 0.4) is 0 Å². The van der Waals surface area contributed by atoms with Crippen LogP contribution in [0.25, 0.3) is 0 Å². The van der Waals surface area contributed by atoms with Gasteiger partial charge in [-0.1, -0.05) is 62.2 Å². The molecule has 1 fully saturated rings. The summed E-state index contributed by atoms with van der Waals surface area (Å²) >= 11 is 0. The lowest BCUT2D eigenvalue weighted by atomic mass is 9.85. The molecule has 0 saturated heterocycles. The molecule has 2 rings (SSSR count). The molecule has 0 radical (unpaired) electrons. The van der Waals surface area contributed by atoms with E-state index < -0.39 is 12.2 Å². The van der Waals surface area contributed by atoms with E-state index in [1.54, 1.807) is 0 Å². The number of aliphatic hydroxyl groups is 3. The lowest BCUT2D eigenvalue weighted by Gasteiger charge is -2.23. The van der Waals surface area contributed by atoms with Crippen LogP contribution in [0.1, 0.15) is 63.9 Å². The van der Waals surface area contributed by atoms with E-state index in [4.69, 9.17) is 0 Å². The minimum absolute atomic E-state index is 0.0900. The summed E-state index contributed by atoms with van der Waals surface area (Å²) in [5.74, 6) is 0.205. The molecule has 5 atom stereocenters. The number of hydrogen-bond acceptors (Lipinski definition) is 3. The van der Waals surface area contributed by atoms with Crippen molar-refractivity contribution in [3.8, 4) is 0 Å². The Balaban J connectivity index is 1.76. The van der Waals surface area contributed by atoms with E-state index in [0.717, 1.165) is 32.1 Å². The van der Waals surface area contributed by atoms with Gasteiger partial charge in [0.2, 0.25) is 0 Å². The first-order valence-corrected chi connectivity index (χ1v) is 10.3. The smallest absolute Gasteiger partial charge is 0.0599 e. The molecule has 1 aromatic carbocycles. The number of hydrogen-bond donors (Lipinski definition) is 3. The highest BCUT2D eigenvalue weighted by atomic mass is 16.3. The normalized spacial score (nSPS) is 27.2. The van der Waals surface area contributed by atoms with Gasteiger partial charge in [0, 0.05) is 0 Å². The van der Waals surface area contributed by atoms with Crippen LogP contribution in [-0.4, -0.2) is 33.6 Å². The number of benzene rings is 1. The minimum atomic E-state index is -0.444. The first-order chi connectivity index (χ1) is 12.6. The lowest BCUT2D eigenvalue weighted by Crippen LogP contribution is -2.23. The van der Waals surface area contributed by atoms with Gasteiger partial charge < -0.3 is 15.3 Å². The maximum atomic E-state index is 10.3. The second-order valence-electron chi connectivity index (χ2n) is 7.80. The minimum Gasteiger partial charge on any atom is -0.393 e. The fraction of sp³-hybridized carbons (Fsp3) is 0.652. The third-order valence-electron chi connectivity index (χ3n) is 5.76. The average Bonchev–Trinajstić information content (AvgIpc) is 2.91. The van der Waals surface area contributed by atoms with Crippen LogP contribution in [0, 0.1) is 11.8 Å². The molecule has 1 aliphatic rings. The molecular formula is C23H36O3. The van der Waals surface area contributed by atoms with Crippen LogP contribution in [0.4, 0.5) is 0 Å². The van der Waals surface area contributed by atoms with Crippen molar-refractivity contribution in [3.05, 3.63) is 48.0 Å². The molecule has 1 aromatic rings. The van der Waals surface area contributed by atoms with E-state index in [1.807, 2.05) is 18.2 Å². The molecule has 0 aromatic heterocycles. The highest BCUT2D eigenvalue weighted by molar-refractivity contribution is 5.14. The first kappa shape index (κ1) is 21.1. The molecule has 0 heterocycles. The summed E-state index contributed by atoms with van der Waals surface area (Å²) in [6, 6.07) is 10.2. The van der Waals surface area contributed by atoms with Crippen molar-refractivity contribution in [3.63, 3.8) is 0 Å². The number of unbranched alkanes of at least 4 members (excludes halogenated alkanes) is 2. The van der Waals surface area contributed by atoms with Crippen LogP contribution in [0.5, 0.6) is 0 Å². The Kier molecular flexibility index (Phi) is 9.38. The zero-order valence-electron chi connectivity index (χ0n) is 16.1. The van der Waals surface area contributed by atoms with Crippen molar-refractivity contribution in [1.82, 2.24) is 0 Å². The molecule has 5 unspecified atom stereocenters. The van der Waals surface area contributed by atoms with E-state index in [-0.39, 0.29) is 17.9 Å². The highest BCUT2D eigenvalue weighted by Crippen LogP contribution is 2.38. The van der Waals surface area contributed by atoms with Crippen molar-refractivity contribution in [2.45, 2.75) is 83.0 Å². The topological polar surface area (TPSA) is 60.7 Å². The van der Waals surface area contributed by atoms with Crippen molar-refractivity contribution in [2.75, 3.05) is 0 Å². The van der Waals surface area contributed by atoms with Crippen LogP contribution in [0.15, 0.2) is 42.5 Å². The Labute approximate surface area is 158 Å². The number of rotatable bonds is 11. The molecule has 3 heteroatoms. The highest BCUT2D eigenvalue weighted by Gasteiger charge is 2.40. The summed E-state index contributed by atoms with van der Waals surface area (Å²) in [4.78, 5) is 0. The predicted octanol–water partition coefficient (Wildman–Crippen LogP) is 4.25. The van der Waals surface area contributed by atoms with Crippen molar-refractivity contribution >= 4 is 0 Å². The molecule has 146 valence electrons. The third kappa shape index (κ3) is 6.86. The van der Waals surface area contributed by atoms with Crippen LogP contribution >= 0.6 is 0 Å². The van der Waals surface area contributed by atoms with Gasteiger partial charge in [0.1, 0.15) is 0 Å². The number of aliphatic hydroxyl groups excluding tert-OH is 3. The Morgan fingerprint density at radius 2 is 1.77 bits per heavy atom. The second-order valence-corrected chi connectivity index (χ2v) is 7.80. The zero-order chi connectivity index (χ0) is 18.8. The van der Waals surface area contributed by atoms with E-state index in [0.29, 0.717) is 12.8 Å². The first-order valence-electron chi connectivity index (χ1n) is 10.3. The van der Waals surface area contributed by atoms with Gasteiger partial charge in [-0.25, -0.2) is 0 Å². The summed E-state index contributed by atoms with van der Waals surface area (Å²) in [5.41, 5.74) is 1.25. The molecule has 0 aliphatic heterocycles. The van der Waals surface area contributed by atoms with Crippen molar-refractivity contribution in [2.24, 2.45) is 11.8 Å². The molecule has 0 amide bonds. The van der Waals surface area contributed by atoms with Gasteiger partial charge in [-0.15, -0.1) is 0 Å². The van der Waals surface area contributed by atoms with Gasteiger partial charge in [-0.3, -0.25) is 0 Å². The van der Waals surface area contributed by atoms with Gasteiger partial charge in [-0.05, 0) is 62.3 Å². The average molecular weight is 361 g/mol. The summed E-state index contributed by atoms with van der Waals surface area (Å²) in [6.45, 7) is 2.18.